The van der Waals surface area contributed by atoms with Crippen LogP contribution in [0.15, 0.2) is 82.2 Å². The zero-order chi connectivity index (χ0) is 24.1. The third-order valence-electron chi connectivity index (χ3n) is 4.84. The lowest BCUT2D eigenvalue weighted by atomic mass is 10.1. The van der Waals surface area contributed by atoms with Crippen LogP contribution in [0.4, 0.5) is 10.5 Å². The lowest BCUT2D eigenvalue weighted by Crippen LogP contribution is -2.36. The first-order valence-corrected chi connectivity index (χ1v) is 12.2. The first-order chi connectivity index (χ1) is 16.4. The average Bonchev–Trinajstić information content (AvgIpc) is 3.08. The summed E-state index contributed by atoms with van der Waals surface area (Å²) in [7, 11) is 0. The molecule has 6 nitrogen and oxygen atoms in total. The van der Waals surface area contributed by atoms with Crippen molar-refractivity contribution in [2.45, 2.75) is 6.61 Å². The molecule has 1 fully saturated rings. The van der Waals surface area contributed by atoms with Gasteiger partial charge in [0.1, 0.15) is 18.9 Å². The predicted octanol–water partition coefficient (Wildman–Crippen LogP) is 6.36. The molecule has 3 aromatic rings. The van der Waals surface area contributed by atoms with Gasteiger partial charge in [0.25, 0.3) is 11.1 Å². The normalized spacial score (nSPS) is 14.5. The number of ether oxygens (including phenoxy) is 1. The van der Waals surface area contributed by atoms with Gasteiger partial charge < -0.3 is 10.1 Å². The Morgan fingerprint density at radius 1 is 1.03 bits per heavy atom. The van der Waals surface area contributed by atoms with Crippen molar-refractivity contribution in [3.8, 4) is 5.75 Å². The molecule has 0 aromatic heterocycles. The van der Waals surface area contributed by atoms with E-state index in [9.17, 15) is 14.4 Å². The fraction of sp³-hybridized carbons (Fsp3) is 0.0800. The molecule has 0 unspecified atom stereocenters. The summed E-state index contributed by atoms with van der Waals surface area (Å²) in [6, 6.07) is 21.7. The summed E-state index contributed by atoms with van der Waals surface area (Å²) in [5, 5.41) is 2.47. The fourth-order valence-electron chi connectivity index (χ4n) is 3.15. The van der Waals surface area contributed by atoms with Crippen LogP contribution in [0.25, 0.3) is 6.08 Å². The van der Waals surface area contributed by atoms with Crippen LogP contribution < -0.4 is 10.1 Å². The zero-order valence-electron chi connectivity index (χ0n) is 17.7. The number of imide groups is 1. The van der Waals surface area contributed by atoms with E-state index in [-0.39, 0.29) is 4.91 Å². The van der Waals surface area contributed by atoms with Gasteiger partial charge in [-0.15, -0.1) is 0 Å². The van der Waals surface area contributed by atoms with Crippen LogP contribution in [0.5, 0.6) is 5.75 Å². The van der Waals surface area contributed by atoms with Crippen molar-refractivity contribution in [3.05, 3.63) is 98.3 Å². The molecule has 172 valence electrons. The molecular weight excluding hydrogens is 540 g/mol. The number of benzene rings is 3. The molecule has 1 heterocycles. The Morgan fingerprint density at radius 2 is 1.74 bits per heavy atom. The number of nitrogens with zero attached hydrogens (tertiary/aromatic N) is 1. The zero-order valence-corrected chi connectivity index (χ0v) is 20.8. The lowest BCUT2D eigenvalue weighted by Gasteiger charge is -2.13. The average molecular weight is 558 g/mol. The Hall–Kier alpha value is -3.07. The molecule has 4 rings (SSSR count). The third kappa shape index (κ3) is 5.88. The number of halogens is 2. The van der Waals surface area contributed by atoms with E-state index < -0.39 is 23.6 Å². The maximum absolute atomic E-state index is 12.9. The van der Waals surface area contributed by atoms with Crippen LogP contribution in [-0.2, 0) is 16.2 Å². The molecule has 0 aliphatic carbocycles. The minimum absolute atomic E-state index is 0.218. The van der Waals surface area contributed by atoms with Crippen LogP contribution in [0.1, 0.15) is 11.1 Å². The largest absolute Gasteiger partial charge is 0.488 e. The maximum atomic E-state index is 12.9. The van der Waals surface area contributed by atoms with Crippen molar-refractivity contribution < 1.29 is 19.1 Å². The first-order valence-electron chi connectivity index (χ1n) is 10.2. The smallest absolute Gasteiger partial charge is 0.294 e. The molecule has 0 bridgehead atoms. The number of rotatable bonds is 7. The summed E-state index contributed by atoms with van der Waals surface area (Å²) in [5.74, 6) is -0.476. The Labute approximate surface area is 214 Å². The van der Waals surface area contributed by atoms with Crippen molar-refractivity contribution in [1.29, 1.82) is 0 Å². The summed E-state index contributed by atoms with van der Waals surface area (Å²) >= 11 is 10.2. The topological polar surface area (TPSA) is 75.7 Å². The second-order valence-corrected chi connectivity index (χ2v) is 9.56. The molecule has 9 heteroatoms. The highest BCUT2D eigenvalue weighted by molar-refractivity contribution is 9.10. The van der Waals surface area contributed by atoms with E-state index >= 15 is 0 Å². The van der Waals surface area contributed by atoms with Crippen LogP contribution in [0.2, 0.25) is 5.02 Å². The van der Waals surface area contributed by atoms with Crippen molar-refractivity contribution in [2.75, 3.05) is 11.9 Å². The van der Waals surface area contributed by atoms with Gasteiger partial charge in [0.15, 0.2) is 0 Å². The maximum Gasteiger partial charge on any atom is 0.294 e. The highest BCUT2D eigenvalue weighted by Crippen LogP contribution is 2.34. The first kappa shape index (κ1) is 24.1. The Morgan fingerprint density at radius 3 is 2.50 bits per heavy atom. The van der Waals surface area contributed by atoms with Crippen LogP contribution in [-0.4, -0.2) is 28.5 Å². The van der Waals surface area contributed by atoms with Crippen molar-refractivity contribution >= 4 is 68.1 Å². The highest BCUT2D eigenvalue weighted by atomic mass is 79.9. The van der Waals surface area contributed by atoms with Gasteiger partial charge in [-0.1, -0.05) is 70.0 Å². The van der Waals surface area contributed by atoms with E-state index in [1.807, 2.05) is 36.4 Å². The minimum Gasteiger partial charge on any atom is -0.488 e. The summed E-state index contributed by atoms with van der Waals surface area (Å²) in [6.07, 6.45) is 1.60. The summed E-state index contributed by atoms with van der Waals surface area (Å²) in [5.41, 5.74) is 2.06. The number of amides is 3. The Bertz CT molecular complexity index is 1280. The Balaban J connectivity index is 1.45. The molecular formula is C25H18BrClN2O4S. The van der Waals surface area contributed by atoms with Gasteiger partial charge in [-0.05, 0) is 53.7 Å². The summed E-state index contributed by atoms with van der Waals surface area (Å²) in [4.78, 5) is 38.8. The van der Waals surface area contributed by atoms with Gasteiger partial charge in [-0.3, -0.25) is 19.3 Å². The fourth-order valence-corrected chi connectivity index (χ4v) is 4.42. The van der Waals surface area contributed by atoms with E-state index in [1.165, 1.54) is 0 Å². The van der Waals surface area contributed by atoms with Crippen LogP contribution >= 0.6 is 39.3 Å². The molecule has 1 saturated heterocycles. The van der Waals surface area contributed by atoms with E-state index in [4.69, 9.17) is 16.3 Å². The van der Waals surface area contributed by atoms with Crippen LogP contribution in [0, 0.1) is 0 Å². The molecule has 0 atom stereocenters. The number of carbonyl (C=O) groups excluding carboxylic acids is 3. The number of para-hydroxylation sites is 2. The molecule has 3 aromatic carbocycles. The number of nitrogens with one attached hydrogen (secondary N) is 1. The number of hydrogen-bond acceptors (Lipinski definition) is 5. The van der Waals surface area contributed by atoms with E-state index in [0.717, 1.165) is 26.7 Å². The molecule has 1 aliphatic heterocycles. The lowest BCUT2D eigenvalue weighted by molar-refractivity contribution is -0.127. The monoisotopic (exact) mass is 556 g/mol. The van der Waals surface area contributed by atoms with Gasteiger partial charge in [0.05, 0.1) is 15.6 Å². The van der Waals surface area contributed by atoms with E-state index in [2.05, 4.69) is 21.2 Å². The number of anilines is 1. The summed E-state index contributed by atoms with van der Waals surface area (Å²) in [6.45, 7) is -0.0588. The second kappa shape index (κ2) is 10.9. The predicted molar refractivity (Wildman–Crippen MR) is 138 cm³/mol. The van der Waals surface area contributed by atoms with Gasteiger partial charge in [0.2, 0.25) is 5.91 Å². The molecule has 0 radical (unpaired) electrons. The van der Waals surface area contributed by atoms with Gasteiger partial charge in [0, 0.05) is 10.0 Å². The van der Waals surface area contributed by atoms with Crippen molar-refractivity contribution in [3.63, 3.8) is 0 Å². The van der Waals surface area contributed by atoms with Gasteiger partial charge >= 0.3 is 0 Å². The number of thioether (sulfide) groups is 1. The molecule has 0 saturated carbocycles. The molecule has 3 amide bonds. The highest BCUT2D eigenvalue weighted by Gasteiger charge is 2.36. The summed E-state index contributed by atoms with van der Waals surface area (Å²) < 4.78 is 6.93. The standard InChI is InChI=1S/C25H18BrClN2O4S/c26-18-11-9-16(10-12-18)15-33-21-8-4-1-5-17(21)13-22-24(31)29(25(32)34-22)14-23(30)28-20-7-3-2-6-19(20)27/h1-13H,14-15H2,(H,28,30)/b22-13+. The van der Waals surface area contributed by atoms with Crippen molar-refractivity contribution in [1.82, 2.24) is 4.90 Å². The molecule has 34 heavy (non-hydrogen) atoms. The van der Waals surface area contributed by atoms with E-state index in [1.54, 1.807) is 42.5 Å². The number of hydrogen-bond donors (Lipinski definition) is 1. The Kier molecular flexibility index (Phi) is 7.72. The molecule has 1 aliphatic rings. The van der Waals surface area contributed by atoms with Gasteiger partial charge in [-0.2, -0.15) is 0 Å². The third-order valence-corrected chi connectivity index (χ3v) is 6.60. The molecule has 0 spiro atoms. The van der Waals surface area contributed by atoms with Crippen molar-refractivity contribution in [2.24, 2.45) is 0 Å². The van der Waals surface area contributed by atoms with E-state index in [0.29, 0.717) is 28.6 Å². The number of carbonyl (C=O) groups is 3. The molecule has 1 N–H and O–H groups in total. The quantitative estimate of drug-likeness (QED) is 0.342. The van der Waals surface area contributed by atoms with Crippen LogP contribution in [0.3, 0.4) is 0 Å². The second-order valence-electron chi connectivity index (χ2n) is 7.25. The SMILES string of the molecule is O=C(CN1C(=O)S/C(=C/c2ccccc2OCc2ccc(Br)cc2)C1=O)Nc1ccccc1Cl. The minimum atomic E-state index is -0.535. The van der Waals surface area contributed by atoms with Gasteiger partial charge in [-0.25, -0.2) is 0 Å².